The number of fused-ring (bicyclic) bond motifs is 1. The molecule has 2 aromatic rings. The van der Waals surface area contributed by atoms with Gasteiger partial charge in [-0.1, -0.05) is 6.07 Å². The second-order valence-corrected chi connectivity index (χ2v) is 5.91. The predicted octanol–water partition coefficient (Wildman–Crippen LogP) is 1.72. The normalized spacial score (nSPS) is 13.1. The van der Waals surface area contributed by atoms with Crippen LogP contribution in [0.2, 0.25) is 0 Å². The number of nitrogens with one attached hydrogen (secondary N) is 2. The Kier molecular flexibility index (Phi) is 5.77. The summed E-state index contributed by atoms with van der Waals surface area (Å²) < 4.78 is 12.7. The topological polar surface area (TPSA) is 72.7 Å². The van der Waals surface area contributed by atoms with Crippen molar-refractivity contribution < 1.29 is 9.47 Å². The molecule has 0 aliphatic carbocycles. The van der Waals surface area contributed by atoms with Crippen LogP contribution in [0.25, 0.3) is 0 Å². The van der Waals surface area contributed by atoms with Crippen molar-refractivity contribution in [1.82, 2.24) is 20.4 Å². The molecule has 134 valence electrons. The van der Waals surface area contributed by atoms with Gasteiger partial charge in [-0.3, -0.25) is 9.67 Å². The van der Waals surface area contributed by atoms with Crippen molar-refractivity contribution in [2.45, 2.75) is 26.8 Å². The van der Waals surface area contributed by atoms with E-state index in [1.54, 1.807) is 0 Å². The van der Waals surface area contributed by atoms with Gasteiger partial charge < -0.3 is 20.1 Å². The van der Waals surface area contributed by atoms with Crippen molar-refractivity contribution in [3.8, 4) is 11.5 Å². The van der Waals surface area contributed by atoms with Crippen molar-refractivity contribution in [3.05, 3.63) is 41.7 Å². The SMILES string of the molecule is CCNC(=NCCc1ccc2c(c1)OCO2)NCCn1cc(C)cn1. The van der Waals surface area contributed by atoms with Crippen molar-refractivity contribution in [3.63, 3.8) is 0 Å². The lowest BCUT2D eigenvalue weighted by Gasteiger charge is -2.11. The largest absolute Gasteiger partial charge is 0.454 e. The standard InChI is InChI=1S/C18H25N5O2/c1-3-19-18(21-8-9-23-12-14(2)11-22-23)20-7-6-15-4-5-16-17(10-15)25-13-24-16/h4-5,10-12H,3,6-9,13H2,1-2H3,(H2,19,20,21). The van der Waals surface area contributed by atoms with Crippen molar-refractivity contribution >= 4 is 5.96 Å². The monoisotopic (exact) mass is 343 g/mol. The highest BCUT2D eigenvalue weighted by atomic mass is 16.7. The zero-order valence-electron chi connectivity index (χ0n) is 14.8. The summed E-state index contributed by atoms with van der Waals surface area (Å²) >= 11 is 0. The Balaban J connectivity index is 1.47. The maximum atomic E-state index is 5.41. The van der Waals surface area contributed by atoms with Crippen LogP contribution in [0.4, 0.5) is 0 Å². The average molecular weight is 343 g/mol. The Morgan fingerprint density at radius 2 is 2.16 bits per heavy atom. The molecule has 0 atom stereocenters. The smallest absolute Gasteiger partial charge is 0.231 e. The molecule has 0 fully saturated rings. The third kappa shape index (κ3) is 4.89. The Labute approximate surface area is 148 Å². The third-order valence-electron chi connectivity index (χ3n) is 3.85. The van der Waals surface area contributed by atoms with E-state index in [1.807, 2.05) is 36.1 Å². The maximum Gasteiger partial charge on any atom is 0.231 e. The lowest BCUT2D eigenvalue weighted by molar-refractivity contribution is 0.174. The van der Waals surface area contributed by atoms with E-state index in [0.29, 0.717) is 13.3 Å². The summed E-state index contributed by atoms with van der Waals surface area (Å²) in [5, 5.41) is 10.9. The first-order chi connectivity index (χ1) is 12.2. The molecule has 0 saturated carbocycles. The minimum absolute atomic E-state index is 0.307. The van der Waals surface area contributed by atoms with Gasteiger partial charge in [-0.15, -0.1) is 0 Å². The van der Waals surface area contributed by atoms with Crippen LogP contribution < -0.4 is 20.1 Å². The molecule has 1 aromatic heterocycles. The van der Waals surface area contributed by atoms with E-state index in [-0.39, 0.29) is 0 Å². The first-order valence-corrected chi connectivity index (χ1v) is 8.64. The molecule has 0 amide bonds. The number of benzene rings is 1. The first kappa shape index (κ1) is 17.1. The minimum Gasteiger partial charge on any atom is -0.454 e. The number of nitrogens with zero attached hydrogens (tertiary/aromatic N) is 3. The minimum atomic E-state index is 0.307. The average Bonchev–Trinajstić information content (AvgIpc) is 3.23. The molecule has 1 aromatic carbocycles. The zero-order valence-corrected chi connectivity index (χ0v) is 14.8. The molecule has 3 rings (SSSR count). The summed E-state index contributed by atoms with van der Waals surface area (Å²) in [6.07, 6.45) is 4.75. The molecular formula is C18H25N5O2. The van der Waals surface area contributed by atoms with Crippen LogP contribution >= 0.6 is 0 Å². The van der Waals surface area contributed by atoms with Gasteiger partial charge >= 0.3 is 0 Å². The van der Waals surface area contributed by atoms with Crippen LogP contribution in [0.5, 0.6) is 11.5 Å². The molecule has 0 saturated heterocycles. The van der Waals surface area contributed by atoms with Crippen LogP contribution in [0.15, 0.2) is 35.6 Å². The highest BCUT2D eigenvalue weighted by Gasteiger charge is 2.12. The van der Waals surface area contributed by atoms with Gasteiger partial charge in [-0.05, 0) is 43.5 Å². The predicted molar refractivity (Wildman–Crippen MR) is 97.2 cm³/mol. The second kappa shape index (κ2) is 8.41. The maximum absolute atomic E-state index is 5.41. The first-order valence-electron chi connectivity index (χ1n) is 8.64. The number of aromatic nitrogens is 2. The molecule has 1 aliphatic rings. The van der Waals surface area contributed by atoms with Crippen LogP contribution in [-0.2, 0) is 13.0 Å². The van der Waals surface area contributed by atoms with Crippen LogP contribution in [0.3, 0.4) is 0 Å². The molecule has 0 spiro atoms. The van der Waals surface area contributed by atoms with Crippen molar-refractivity contribution in [2.75, 3.05) is 26.4 Å². The fourth-order valence-corrected chi connectivity index (χ4v) is 2.61. The van der Waals surface area contributed by atoms with E-state index in [9.17, 15) is 0 Å². The number of guanidine groups is 1. The van der Waals surface area contributed by atoms with Crippen LogP contribution in [0, 0.1) is 6.92 Å². The Hall–Kier alpha value is -2.70. The number of ether oxygens (including phenoxy) is 2. The van der Waals surface area contributed by atoms with E-state index >= 15 is 0 Å². The summed E-state index contributed by atoms with van der Waals surface area (Å²) in [5.41, 5.74) is 2.36. The highest BCUT2D eigenvalue weighted by molar-refractivity contribution is 5.79. The van der Waals surface area contributed by atoms with Crippen molar-refractivity contribution in [1.29, 1.82) is 0 Å². The lowest BCUT2D eigenvalue weighted by Crippen LogP contribution is -2.39. The molecule has 7 heteroatoms. The van der Waals surface area contributed by atoms with Gasteiger partial charge in [0.2, 0.25) is 6.79 Å². The van der Waals surface area contributed by atoms with Crippen LogP contribution in [0.1, 0.15) is 18.1 Å². The molecule has 0 unspecified atom stereocenters. The fraction of sp³-hybridized carbons (Fsp3) is 0.444. The molecular weight excluding hydrogens is 318 g/mol. The summed E-state index contributed by atoms with van der Waals surface area (Å²) in [5.74, 6) is 2.46. The summed E-state index contributed by atoms with van der Waals surface area (Å²) in [4.78, 5) is 4.63. The summed E-state index contributed by atoms with van der Waals surface area (Å²) in [6.45, 7) is 7.52. The van der Waals surface area contributed by atoms with Gasteiger partial charge in [0.25, 0.3) is 0 Å². The lowest BCUT2D eigenvalue weighted by atomic mass is 10.1. The van der Waals surface area contributed by atoms with Gasteiger partial charge in [-0.25, -0.2) is 0 Å². The molecule has 0 bridgehead atoms. The van der Waals surface area contributed by atoms with Gasteiger partial charge in [0, 0.05) is 25.8 Å². The highest BCUT2D eigenvalue weighted by Crippen LogP contribution is 2.32. The van der Waals surface area contributed by atoms with E-state index in [1.165, 1.54) is 11.1 Å². The number of aliphatic imine (C=N–C) groups is 1. The van der Waals surface area contributed by atoms with Gasteiger partial charge in [0.1, 0.15) is 0 Å². The van der Waals surface area contributed by atoms with E-state index < -0.39 is 0 Å². The summed E-state index contributed by atoms with van der Waals surface area (Å²) in [6, 6.07) is 6.04. The van der Waals surface area contributed by atoms with E-state index in [4.69, 9.17) is 9.47 Å². The Bertz CT molecular complexity index is 726. The summed E-state index contributed by atoms with van der Waals surface area (Å²) in [7, 11) is 0. The Morgan fingerprint density at radius 1 is 1.28 bits per heavy atom. The molecule has 1 aliphatic heterocycles. The number of hydrogen-bond donors (Lipinski definition) is 2. The van der Waals surface area contributed by atoms with Gasteiger partial charge in [0.05, 0.1) is 12.7 Å². The fourth-order valence-electron chi connectivity index (χ4n) is 2.61. The van der Waals surface area contributed by atoms with Gasteiger partial charge in [-0.2, -0.15) is 5.10 Å². The molecule has 2 heterocycles. The second-order valence-electron chi connectivity index (χ2n) is 5.91. The third-order valence-corrected chi connectivity index (χ3v) is 3.85. The molecule has 25 heavy (non-hydrogen) atoms. The zero-order chi connectivity index (χ0) is 17.5. The number of hydrogen-bond acceptors (Lipinski definition) is 4. The van der Waals surface area contributed by atoms with Crippen molar-refractivity contribution in [2.24, 2.45) is 4.99 Å². The van der Waals surface area contributed by atoms with E-state index in [2.05, 4.69) is 33.7 Å². The van der Waals surface area contributed by atoms with Crippen LogP contribution in [-0.4, -0.2) is 42.2 Å². The quantitative estimate of drug-likeness (QED) is 0.592. The molecule has 0 radical (unpaired) electrons. The van der Waals surface area contributed by atoms with Gasteiger partial charge in [0.15, 0.2) is 17.5 Å². The van der Waals surface area contributed by atoms with E-state index in [0.717, 1.165) is 43.5 Å². The Morgan fingerprint density at radius 3 is 2.96 bits per heavy atom. The number of rotatable bonds is 7. The molecule has 7 nitrogen and oxygen atoms in total. The molecule has 2 N–H and O–H groups in total. The number of aryl methyl sites for hydroxylation is 1.